The Labute approximate surface area is 122 Å². The molecule has 3 N–H and O–H groups in total. The Morgan fingerprint density at radius 1 is 1.10 bits per heavy atom. The van der Waals surface area contributed by atoms with Crippen molar-refractivity contribution in [2.45, 2.75) is 19.6 Å². The molecule has 0 saturated heterocycles. The van der Waals surface area contributed by atoms with Crippen LogP contribution in [0, 0.1) is 5.82 Å². The predicted molar refractivity (Wildman–Crippen MR) is 79.2 cm³/mol. The van der Waals surface area contributed by atoms with Crippen LogP contribution in [0.2, 0.25) is 0 Å². The second-order valence-electron chi connectivity index (χ2n) is 5.02. The standard InChI is InChI=1S/C16H16FN3O/c17-14-3-5-15(6-4-14)20-16(21)19-8-11-1-2-12-9-18-10-13(12)7-11/h1-7,18H,8-10H2,(H2,19,20,21). The lowest BCUT2D eigenvalue weighted by molar-refractivity contribution is 0.251. The number of halogens is 1. The highest BCUT2D eigenvalue weighted by Crippen LogP contribution is 2.17. The van der Waals surface area contributed by atoms with Crippen molar-refractivity contribution in [1.82, 2.24) is 10.6 Å². The maximum Gasteiger partial charge on any atom is 0.319 e. The minimum absolute atomic E-state index is 0.305. The molecule has 21 heavy (non-hydrogen) atoms. The summed E-state index contributed by atoms with van der Waals surface area (Å²) in [6.07, 6.45) is 0. The molecule has 2 aromatic carbocycles. The summed E-state index contributed by atoms with van der Waals surface area (Å²) in [5.74, 6) is -0.326. The number of rotatable bonds is 3. The maximum atomic E-state index is 12.8. The SMILES string of the molecule is O=C(NCc1ccc2c(c1)CNC2)Nc1ccc(F)cc1. The zero-order chi connectivity index (χ0) is 14.7. The Kier molecular flexibility index (Phi) is 3.83. The zero-order valence-corrected chi connectivity index (χ0v) is 11.4. The first-order valence-electron chi connectivity index (χ1n) is 6.82. The van der Waals surface area contributed by atoms with Crippen molar-refractivity contribution in [1.29, 1.82) is 0 Å². The average molecular weight is 285 g/mol. The molecular formula is C16H16FN3O. The smallest absolute Gasteiger partial charge is 0.319 e. The number of carbonyl (C=O) groups excluding carboxylic acids is 1. The fourth-order valence-electron chi connectivity index (χ4n) is 2.35. The van der Waals surface area contributed by atoms with Gasteiger partial charge in [-0.2, -0.15) is 0 Å². The minimum atomic E-state index is -0.326. The first-order chi connectivity index (χ1) is 10.2. The molecule has 0 unspecified atom stereocenters. The summed E-state index contributed by atoms with van der Waals surface area (Å²) in [7, 11) is 0. The van der Waals surface area contributed by atoms with Crippen molar-refractivity contribution in [2.24, 2.45) is 0 Å². The van der Waals surface area contributed by atoms with Crippen molar-refractivity contribution < 1.29 is 9.18 Å². The second-order valence-corrected chi connectivity index (χ2v) is 5.02. The van der Waals surface area contributed by atoms with Crippen LogP contribution >= 0.6 is 0 Å². The quantitative estimate of drug-likeness (QED) is 0.812. The highest BCUT2D eigenvalue weighted by atomic mass is 19.1. The van der Waals surface area contributed by atoms with Gasteiger partial charge in [0, 0.05) is 25.3 Å². The second kappa shape index (κ2) is 5.93. The van der Waals surface area contributed by atoms with Gasteiger partial charge >= 0.3 is 6.03 Å². The van der Waals surface area contributed by atoms with Gasteiger partial charge in [0.1, 0.15) is 5.82 Å². The molecule has 0 fully saturated rings. The Hall–Kier alpha value is -2.40. The molecule has 3 rings (SSSR count). The summed E-state index contributed by atoms with van der Waals surface area (Å²) in [4.78, 5) is 11.8. The summed E-state index contributed by atoms with van der Waals surface area (Å²) in [6, 6.07) is 11.6. The van der Waals surface area contributed by atoms with Crippen LogP contribution in [0.1, 0.15) is 16.7 Å². The average Bonchev–Trinajstić information content (AvgIpc) is 2.95. The molecule has 2 aromatic rings. The van der Waals surface area contributed by atoms with Crippen LogP contribution in [0.15, 0.2) is 42.5 Å². The van der Waals surface area contributed by atoms with Gasteiger partial charge in [-0.3, -0.25) is 0 Å². The molecule has 5 heteroatoms. The molecule has 0 atom stereocenters. The largest absolute Gasteiger partial charge is 0.334 e. The molecule has 1 heterocycles. The van der Waals surface area contributed by atoms with Crippen molar-refractivity contribution in [3.05, 3.63) is 65.0 Å². The van der Waals surface area contributed by atoms with Crippen LogP contribution in [-0.4, -0.2) is 6.03 Å². The summed E-state index contributed by atoms with van der Waals surface area (Å²) in [5, 5.41) is 8.74. The lowest BCUT2D eigenvalue weighted by Crippen LogP contribution is -2.28. The van der Waals surface area contributed by atoms with Gasteiger partial charge in [-0.1, -0.05) is 18.2 Å². The number of anilines is 1. The third-order valence-electron chi connectivity index (χ3n) is 3.46. The summed E-state index contributed by atoms with van der Waals surface area (Å²) >= 11 is 0. The minimum Gasteiger partial charge on any atom is -0.334 e. The molecule has 0 saturated carbocycles. The molecule has 1 aliphatic rings. The number of hydrogen-bond acceptors (Lipinski definition) is 2. The van der Waals surface area contributed by atoms with E-state index in [2.05, 4.69) is 28.1 Å². The molecule has 1 aliphatic heterocycles. The van der Waals surface area contributed by atoms with Gasteiger partial charge in [0.25, 0.3) is 0 Å². The molecule has 0 spiro atoms. The van der Waals surface area contributed by atoms with Crippen LogP contribution in [0.5, 0.6) is 0 Å². The van der Waals surface area contributed by atoms with Crippen molar-refractivity contribution >= 4 is 11.7 Å². The van der Waals surface area contributed by atoms with Gasteiger partial charge in [-0.15, -0.1) is 0 Å². The molecule has 0 aliphatic carbocycles. The van der Waals surface area contributed by atoms with E-state index in [1.807, 2.05) is 6.07 Å². The summed E-state index contributed by atoms with van der Waals surface area (Å²) in [6.45, 7) is 2.25. The molecule has 4 nitrogen and oxygen atoms in total. The van der Waals surface area contributed by atoms with E-state index in [0.717, 1.165) is 18.7 Å². The zero-order valence-electron chi connectivity index (χ0n) is 11.4. The fraction of sp³-hybridized carbons (Fsp3) is 0.188. The topological polar surface area (TPSA) is 53.2 Å². The van der Waals surface area contributed by atoms with E-state index >= 15 is 0 Å². The summed E-state index contributed by atoms with van der Waals surface area (Å²) in [5.41, 5.74) is 4.22. The van der Waals surface area contributed by atoms with Gasteiger partial charge in [0.2, 0.25) is 0 Å². The number of nitrogens with one attached hydrogen (secondary N) is 3. The Bertz CT molecular complexity index is 655. The van der Waals surface area contributed by atoms with Crippen LogP contribution in [0.4, 0.5) is 14.9 Å². The lowest BCUT2D eigenvalue weighted by atomic mass is 10.1. The molecule has 0 bridgehead atoms. The maximum absolute atomic E-state index is 12.8. The first kappa shape index (κ1) is 13.6. The van der Waals surface area contributed by atoms with Crippen molar-refractivity contribution in [2.75, 3.05) is 5.32 Å². The van der Waals surface area contributed by atoms with E-state index in [1.54, 1.807) is 0 Å². The van der Waals surface area contributed by atoms with Gasteiger partial charge in [-0.05, 0) is 41.0 Å². The van der Waals surface area contributed by atoms with Crippen molar-refractivity contribution in [3.8, 4) is 0 Å². The highest BCUT2D eigenvalue weighted by Gasteiger charge is 2.10. The third-order valence-corrected chi connectivity index (χ3v) is 3.46. The number of benzene rings is 2. The van der Waals surface area contributed by atoms with E-state index in [9.17, 15) is 9.18 Å². The van der Waals surface area contributed by atoms with Gasteiger partial charge in [0.15, 0.2) is 0 Å². The summed E-state index contributed by atoms with van der Waals surface area (Å²) < 4.78 is 12.8. The van der Waals surface area contributed by atoms with Gasteiger partial charge < -0.3 is 16.0 Å². The monoisotopic (exact) mass is 285 g/mol. The molecule has 2 amide bonds. The normalized spacial score (nSPS) is 12.8. The fourth-order valence-corrected chi connectivity index (χ4v) is 2.35. The van der Waals surface area contributed by atoms with Crippen LogP contribution in [-0.2, 0) is 19.6 Å². The van der Waals surface area contributed by atoms with E-state index in [1.165, 1.54) is 35.4 Å². The van der Waals surface area contributed by atoms with Crippen LogP contribution < -0.4 is 16.0 Å². The Balaban J connectivity index is 1.55. The molecular weight excluding hydrogens is 269 g/mol. The number of hydrogen-bond donors (Lipinski definition) is 3. The Morgan fingerprint density at radius 2 is 1.86 bits per heavy atom. The molecule has 108 valence electrons. The van der Waals surface area contributed by atoms with Crippen LogP contribution in [0.25, 0.3) is 0 Å². The number of carbonyl (C=O) groups is 1. The number of fused-ring (bicyclic) bond motifs is 1. The predicted octanol–water partition coefficient (Wildman–Crippen LogP) is 2.75. The third kappa shape index (κ3) is 3.38. The van der Waals surface area contributed by atoms with Crippen molar-refractivity contribution in [3.63, 3.8) is 0 Å². The van der Waals surface area contributed by atoms with E-state index in [-0.39, 0.29) is 11.8 Å². The number of amides is 2. The van der Waals surface area contributed by atoms with E-state index in [0.29, 0.717) is 12.2 Å². The highest BCUT2D eigenvalue weighted by molar-refractivity contribution is 5.89. The van der Waals surface area contributed by atoms with E-state index in [4.69, 9.17) is 0 Å². The number of urea groups is 1. The molecule has 0 aromatic heterocycles. The molecule has 0 radical (unpaired) electrons. The van der Waals surface area contributed by atoms with Crippen LogP contribution in [0.3, 0.4) is 0 Å². The first-order valence-corrected chi connectivity index (χ1v) is 6.82. The Morgan fingerprint density at radius 3 is 2.67 bits per heavy atom. The lowest BCUT2D eigenvalue weighted by Gasteiger charge is -2.08. The van der Waals surface area contributed by atoms with Gasteiger partial charge in [0.05, 0.1) is 0 Å². The van der Waals surface area contributed by atoms with E-state index < -0.39 is 0 Å². The van der Waals surface area contributed by atoms with Gasteiger partial charge in [-0.25, -0.2) is 9.18 Å².